The Hall–Kier alpha value is -1.54. The molecule has 2 aromatic rings. The number of hydrogen-bond acceptors (Lipinski definition) is 6. The molecule has 0 saturated heterocycles. The van der Waals surface area contributed by atoms with E-state index in [9.17, 15) is 4.79 Å². The first-order valence-electron chi connectivity index (χ1n) is 6.07. The zero-order chi connectivity index (χ0) is 14.4. The summed E-state index contributed by atoms with van der Waals surface area (Å²) < 4.78 is 1.15. The molecule has 0 bridgehead atoms. The largest absolute Gasteiger partial charge is 0.352 e. The number of aromatic nitrogens is 3. The van der Waals surface area contributed by atoms with Gasteiger partial charge < -0.3 is 5.32 Å². The maximum atomic E-state index is 10.3. The van der Waals surface area contributed by atoms with Crippen molar-refractivity contribution in [3.05, 3.63) is 27.1 Å². The first kappa shape index (κ1) is 14.9. The van der Waals surface area contributed by atoms with Crippen LogP contribution in [0.2, 0.25) is 0 Å². The van der Waals surface area contributed by atoms with E-state index >= 15 is 0 Å². The second kappa shape index (κ2) is 7.30. The van der Waals surface area contributed by atoms with Gasteiger partial charge >= 0.3 is 0 Å². The molecule has 1 unspecified atom stereocenters. The minimum atomic E-state index is 0.224. The average Bonchev–Trinajstić information content (AvgIpc) is 2.83. The van der Waals surface area contributed by atoms with E-state index in [0.29, 0.717) is 12.4 Å². The van der Waals surface area contributed by atoms with Gasteiger partial charge in [-0.1, -0.05) is 0 Å². The molecule has 2 heterocycles. The molecule has 0 aliphatic carbocycles. The van der Waals surface area contributed by atoms with Gasteiger partial charge in [-0.15, -0.1) is 11.3 Å². The minimum absolute atomic E-state index is 0.224. The predicted molar refractivity (Wildman–Crippen MR) is 82.9 cm³/mol. The molecular weight excluding hydrogens is 342 g/mol. The zero-order valence-corrected chi connectivity index (χ0v) is 13.2. The van der Waals surface area contributed by atoms with Crippen LogP contribution in [0, 0.1) is 0 Å². The first-order chi connectivity index (χ1) is 9.67. The van der Waals surface area contributed by atoms with Gasteiger partial charge in [-0.05, 0) is 47.8 Å². The lowest BCUT2D eigenvalue weighted by Crippen LogP contribution is -2.18. The lowest BCUT2D eigenvalue weighted by atomic mass is 10.1. The molecule has 0 saturated carbocycles. The summed E-state index contributed by atoms with van der Waals surface area (Å²) in [6, 6.07) is 4.40. The summed E-state index contributed by atoms with van der Waals surface area (Å²) in [5.74, 6) is 0.705. The van der Waals surface area contributed by atoms with Crippen molar-refractivity contribution in [2.75, 3.05) is 10.6 Å². The third kappa shape index (κ3) is 4.53. The van der Waals surface area contributed by atoms with E-state index in [2.05, 4.69) is 60.6 Å². The summed E-state index contributed by atoms with van der Waals surface area (Å²) in [6.45, 7) is 2.07. The Bertz CT molecular complexity index is 576. The SMILES string of the molecule is CC(CCc1ccc(Br)s1)Nc1ncnc(NC=O)n1. The third-order valence-electron chi connectivity index (χ3n) is 2.59. The van der Waals surface area contributed by atoms with Gasteiger partial charge in [0.05, 0.1) is 3.79 Å². The van der Waals surface area contributed by atoms with Gasteiger partial charge in [0.2, 0.25) is 18.3 Å². The monoisotopic (exact) mass is 355 g/mol. The van der Waals surface area contributed by atoms with Crippen molar-refractivity contribution in [3.8, 4) is 0 Å². The summed E-state index contributed by atoms with van der Waals surface area (Å²) >= 11 is 5.20. The molecule has 20 heavy (non-hydrogen) atoms. The highest BCUT2D eigenvalue weighted by molar-refractivity contribution is 9.11. The van der Waals surface area contributed by atoms with Crippen LogP contribution >= 0.6 is 27.3 Å². The molecule has 1 amide bonds. The molecule has 0 aromatic carbocycles. The first-order valence-corrected chi connectivity index (χ1v) is 7.68. The van der Waals surface area contributed by atoms with Gasteiger partial charge in [-0.3, -0.25) is 10.1 Å². The van der Waals surface area contributed by atoms with Crippen molar-refractivity contribution in [2.45, 2.75) is 25.8 Å². The molecule has 0 radical (unpaired) electrons. The minimum Gasteiger partial charge on any atom is -0.352 e. The Balaban J connectivity index is 1.85. The van der Waals surface area contributed by atoms with Crippen molar-refractivity contribution in [1.82, 2.24) is 15.0 Å². The molecule has 0 spiro atoms. The number of amides is 1. The van der Waals surface area contributed by atoms with Crippen LogP contribution in [-0.4, -0.2) is 27.4 Å². The predicted octanol–water partition coefficient (Wildman–Crippen LogP) is 2.70. The Morgan fingerprint density at radius 3 is 2.90 bits per heavy atom. The molecule has 0 fully saturated rings. The quantitative estimate of drug-likeness (QED) is 0.746. The fraction of sp³-hybridized carbons (Fsp3) is 0.333. The number of carbonyl (C=O) groups excluding carboxylic acids is 1. The Kier molecular flexibility index (Phi) is 5.42. The van der Waals surface area contributed by atoms with Crippen LogP contribution in [0.1, 0.15) is 18.2 Å². The summed E-state index contributed by atoms with van der Waals surface area (Å²) in [4.78, 5) is 23.6. The Labute approximate surface area is 129 Å². The van der Waals surface area contributed by atoms with Gasteiger partial charge in [0.25, 0.3) is 0 Å². The Morgan fingerprint density at radius 2 is 2.20 bits per heavy atom. The van der Waals surface area contributed by atoms with Gasteiger partial charge in [0.15, 0.2) is 0 Å². The smallest absolute Gasteiger partial charge is 0.233 e. The summed E-state index contributed by atoms with van der Waals surface area (Å²) in [6.07, 6.45) is 3.87. The Morgan fingerprint density at radius 1 is 1.40 bits per heavy atom. The lowest BCUT2D eigenvalue weighted by molar-refractivity contribution is -0.105. The van der Waals surface area contributed by atoms with Crippen LogP contribution in [0.4, 0.5) is 11.9 Å². The molecule has 2 rings (SSSR count). The molecule has 106 valence electrons. The van der Waals surface area contributed by atoms with Gasteiger partial charge in [0, 0.05) is 10.9 Å². The van der Waals surface area contributed by atoms with Crippen LogP contribution in [0.25, 0.3) is 0 Å². The molecule has 6 nitrogen and oxygen atoms in total. The molecule has 2 N–H and O–H groups in total. The van der Waals surface area contributed by atoms with E-state index in [0.717, 1.165) is 16.6 Å². The van der Waals surface area contributed by atoms with E-state index in [1.54, 1.807) is 11.3 Å². The van der Waals surface area contributed by atoms with E-state index in [-0.39, 0.29) is 12.0 Å². The van der Waals surface area contributed by atoms with Crippen molar-refractivity contribution >= 4 is 45.6 Å². The standard InChI is InChI=1S/C12H14BrN5OS/c1-8(2-3-9-4-5-10(13)20-9)17-12-15-6-14-11(18-12)16-7-19/h4-8H,2-3H2,1H3,(H2,14,15,16,17,18,19). The highest BCUT2D eigenvalue weighted by Gasteiger charge is 2.07. The van der Waals surface area contributed by atoms with E-state index in [1.807, 2.05) is 0 Å². The lowest BCUT2D eigenvalue weighted by Gasteiger charge is -2.13. The number of nitrogens with one attached hydrogen (secondary N) is 2. The summed E-state index contributed by atoms with van der Waals surface area (Å²) in [5.41, 5.74) is 0. The fourth-order valence-electron chi connectivity index (χ4n) is 1.63. The molecule has 1 atom stereocenters. The van der Waals surface area contributed by atoms with Crippen LogP contribution in [0.3, 0.4) is 0 Å². The molecule has 2 aromatic heterocycles. The summed E-state index contributed by atoms with van der Waals surface area (Å²) in [7, 11) is 0. The number of anilines is 2. The number of thiophene rings is 1. The van der Waals surface area contributed by atoms with Crippen LogP contribution < -0.4 is 10.6 Å². The van der Waals surface area contributed by atoms with E-state index < -0.39 is 0 Å². The second-order valence-corrected chi connectivity index (χ2v) is 6.73. The highest BCUT2D eigenvalue weighted by Crippen LogP contribution is 2.23. The van der Waals surface area contributed by atoms with E-state index in [1.165, 1.54) is 11.2 Å². The number of nitrogens with zero attached hydrogens (tertiary/aromatic N) is 3. The van der Waals surface area contributed by atoms with E-state index in [4.69, 9.17) is 0 Å². The third-order valence-corrected chi connectivity index (χ3v) is 4.27. The van der Waals surface area contributed by atoms with Crippen LogP contribution in [0.15, 0.2) is 22.2 Å². The molecule has 0 aliphatic rings. The van der Waals surface area contributed by atoms with Crippen molar-refractivity contribution in [3.63, 3.8) is 0 Å². The van der Waals surface area contributed by atoms with Gasteiger partial charge in [-0.25, -0.2) is 9.97 Å². The molecule has 8 heteroatoms. The topological polar surface area (TPSA) is 79.8 Å². The molecule has 0 aliphatic heterocycles. The van der Waals surface area contributed by atoms with Crippen molar-refractivity contribution < 1.29 is 4.79 Å². The number of carbonyl (C=O) groups is 1. The van der Waals surface area contributed by atoms with Gasteiger partial charge in [-0.2, -0.15) is 4.98 Å². The molecular formula is C12H14BrN5OS. The zero-order valence-electron chi connectivity index (χ0n) is 10.8. The van der Waals surface area contributed by atoms with Gasteiger partial charge in [0.1, 0.15) is 6.33 Å². The number of rotatable bonds is 7. The second-order valence-electron chi connectivity index (χ2n) is 4.18. The average molecular weight is 356 g/mol. The maximum absolute atomic E-state index is 10.3. The van der Waals surface area contributed by atoms with Crippen LogP contribution in [-0.2, 0) is 11.2 Å². The van der Waals surface area contributed by atoms with Crippen molar-refractivity contribution in [1.29, 1.82) is 0 Å². The number of aryl methyl sites for hydroxylation is 1. The number of hydrogen-bond donors (Lipinski definition) is 2. The fourth-order valence-corrected chi connectivity index (χ4v) is 3.12. The van der Waals surface area contributed by atoms with Crippen LogP contribution in [0.5, 0.6) is 0 Å². The maximum Gasteiger partial charge on any atom is 0.233 e. The number of halogens is 1. The highest BCUT2D eigenvalue weighted by atomic mass is 79.9. The van der Waals surface area contributed by atoms with Crippen molar-refractivity contribution in [2.24, 2.45) is 0 Å². The normalized spacial score (nSPS) is 11.9. The summed E-state index contributed by atoms with van der Waals surface area (Å²) in [5, 5.41) is 5.59.